The second kappa shape index (κ2) is 3.11. The number of hydrogen-bond donors (Lipinski definition) is 1. The first-order chi connectivity index (χ1) is 5.36. The number of alkyl halides is 4. The summed E-state index contributed by atoms with van der Waals surface area (Å²) in [4.78, 5) is 3.40. The molecule has 12 heavy (non-hydrogen) atoms. The lowest BCUT2D eigenvalue weighted by molar-refractivity contribution is -0.216. The van der Waals surface area contributed by atoms with Crippen molar-refractivity contribution >= 4 is 33.9 Å². The van der Waals surface area contributed by atoms with Crippen molar-refractivity contribution in [1.82, 2.24) is 4.98 Å². The van der Waals surface area contributed by atoms with Crippen LogP contribution in [-0.4, -0.2) is 16.3 Å². The summed E-state index contributed by atoms with van der Waals surface area (Å²) in [7, 11) is 0. The third-order valence-corrected chi connectivity index (χ3v) is 3.46. The van der Waals surface area contributed by atoms with Crippen molar-refractivity contribution in [3.05, 3.63) is 16.6 Å². The smallest absolute Gasteiger partial charge is 0.366 e. The molecular formula is C5H3F3INOS. The zero-order chi connectivity index (χ0) is 9.41. The van der Waals surface area contributed by atoms with Gasteiger partial charge in [0.1, 0.15) is 5.01 Å². The highest BCUT2D eigenvalue weighted by atomic mass is 127. The lowest BCUT2D eigenvalue weighted by atomic mass is 10.4. The molecule has 1 unspecified atom stereocenters. The Morgan fingerprint density at radius 3 is 2.42 bits per heavy atom. The van der Waals surface area contributed by atoms with Gasteiger partial charge in [0.2, 0.25) is 0 Å². The molecule has 0 radical (unpaired) electrons. The molecule has 1 aromatic rings. The van der Waals surface area contributed by atoms with Crippen molar-refractivity contribution in [3.8, 4) is 0 Å². The van der Waals surface area contributed by atoms with Crippen LogP contribution >= 0.6 is 33.9 Å². The molecule has 0 aliphatic heterocycles. The van der Waals surface area contributed by atoms with E-state index < -0.39 is 9.78 Å². The van der Waals surface area contributed by atoms with E-state index in [0.717, 1.165) is 33.9 Å². The summed E-state index contributed by atoms with van der Waals surface area (Å²) in [6, 6.07) is 0. The van der Waals surface area contributed by atoms with Crippen LogP contribution < -0.4 is 0 Å². The van der Waals surface area contributed by atoms with Gasteiger partial charge in [-0.1, -0.05) is 0 Å². The molecule has 0 saturated carbocycles. The monoisotopic (exact) mass is 309 g/mol. The van der Waals surface area contributed by atoms with Gasteiger partial charge >= 0.3 is 6.18 Å². The van der Waals surface area contributed by atoms with Gasteiger partial charge in [0.25, 0.3) is 3.61 Å². The van der Waals surface area contributed by atoms with Crippen molar-refractivity contribution in [2.75, 3.05) is 0 Å². The fourth-order valence-electron chi connectivity index (χ4n) is 0.508. The summed E-state index contributed by atoms with van der Waals surface area (Å²) in [5, 5.41) is 10.0. The predicted octanol–water partition coefficient (Wildman–Crippen LogP) is 2.29. The molecular weight excluding hydrogens is 306 g/mol. The molecule has 2 nitrogen and oxygen atoms in total. The molecule has 0 aromatic carbocycles. The van der Waals surface area contributed by atoms with E-state index in [4.69, 9.17) is 5.11 Å². The van der Waals surface area contributed by atoms with Gasteiger partial charge in [0, 0.05) is 11.6 Å². The van der Waals surface area contributed by atoms with Crippen LogP contribution in [0.2, 0.25) is 0 Å². The Morgan fingerprint density at radius 2 is 2.08 bits per heavy atom. The van der Waals surface area contributed by atoms with E-state index >= 15 is 0 Å². The summed E-state index contributed by atoms with van der Waals surface area (Å²) >= 11 is 1.69. The first-order valence-corrected chi connectivity index (χ1v) is 4.69. The summed E-state index contributed by atoms with van der Waals surface area (Å²) in [6.07, 6.45) is -3.47. The molecule has 0 amide bonds. The van der Waals surface area contributed by atoms with Crippen molar-refractivity contribution in [2.24, 2.45) is 0 Å². The standard InChI is InChI=1S/C5H3F3INOS/c6-5(7,8)4(9,11)3-10-1-2-12-3/h1-2,11H. The maximum atomic E-state index is 12.1. The van der Waals surface area contributed by atoms with Crippen LogP contribution in [0.5, 0.6) is 0 Å². The molecule has 0 saturated heterocycles. The minimum absolute atomic E-state index is 0.351. The Morgan fingerprint density at radius 1 is 1.50 bits per heavy atom. The molecule has 0 aliphatic rings. The summed E-state index contributed by atoms with van der Waals surface area (Å²) in [6.45, 7) is 0. The largest absolute Gasteiger partial charge is 0.433 e. The highest BCUT2D eigenvalue weighted by Crippen LogP contribution is 2.44. The fraction of sp³-hybridized carbons (Fsp3) is 0.400. The molecule has 1 N–H and O–H groups in total. The molecule has 1 heterocycles. The topological polar surface area (TPSA) is 33.1 Å². The van der Waals surface area contributed by atoms with E-state index in [1.807, 2.05) is 0 Å². The molecule has 0 bridgehead atoms. The predicted molar refractivity (Wildman–Crippen MR) is 46.1 cm³/mol. The lowest BCUT2D eigenvalue weighted by Gasteiger charge is -2.21. The Hall–Kier alpha value is 0.110. The molecule has 1 atom stereocenters. The molecule has 68 valence electrons. The zero-order valence-corrected chi connectivity index (χ0v) is 8.44. The Kier molecular flexibility index (Phi) is 2.64. The van der Waals surface area contributed by atoms with Gasteiger partial charge in [-0.25, -0.2) is 4.98 Å². The van der Waals surface area contributed by atoms with Crippen molar-refractivity contribution < 1.29 is 18.3 Å². The summed E-state index contributed by atoms with van der Waals surface area (Å²) in [5.41, 5.74) is 0. The van der Waals surface area contributed by atoms with E-state index in [1.54, 1.807) is 0 Å². The van der Waals surface area contributed by atoms with Crippen molar-refractivity contribution in [2.45, 2.75) is 9.78 Å². The van der Waals surface area contributed by atoms with Crippen LogP contribution in [0.25, 0.3) is 0 Å². The van der Waals surface area contributed by atoms with Crippen LogP contribution in [-0.2, 0) is 3.61 Å². The Bertz CT molecular complexity index is 258. The summed E-state index contributed by atoms with van der Waals surface area (Å²) in [5.74, 6) is 0. The van der Waals surface area contributed by atoms with Gasteiger partial charge in [-0.05, 0) is 22.6 Å². The second-order valence-corrected chi connectivity index (χ2v) is 4.41. The number of nitrogens with zero attached hydrogens (tertiary/aromatic N) is 1. The van der Waals surface area contributed by atoms with E-state index in [2.05, 4.69) is 4.98 Å². The quantitative estimate of drug-likeness (QED) is 0.638. The van der Waals surface area contributed by atoms with Crippen LogP contribution in [0.4, 0.5) is 13.2 Å². The van der Waals surface area contributed by atoms with Crippen molar-refractivity contribution in [1.29, 1.82) is 0 Å². The van der Waals surface area contributed by atoms with E-state index in [1.165, 1.54) is 11.6 Å². The van der Waals surface area contributed by atoms with Gasteiger partial charge in [-0.15, -0.1) is 11.3 Å². The van der Waals surface area contributed by atoms with Gasteiger partial charge in [0.15, 0.2) is 0 Å². The number of aliphatic hydroxyl groups is 1. The van der Waals surface area contributed by atoms with Crippen LogP contribution in [0.3, 0.4) is 0 Å². The van der Waals surface area contributed by atoms with Gasteiger partial charge < -0.3 is 5.11 Å². The molecule has 1 aromatic heterocycles. The second-order valence-electron chi connectivity index (χ2n) is 1.96. The Labute approximate surface area is 83.6 Å². The lowest BCUT2D eigenvalue weighted by Crippen LogP contribution is -2.35. The minimum atomic E-state index is -4.69. The molecule has 0 aliphatic carbocycles. The first-order valence-electron chi connectivity index (χ1n) is 2.73. The Balaban J connectivity index is 3.02. The van der Waals surface area contributed by atoms with Crippen molar-refractivity contribution in [3.63, 3.8) is 0 Å². The highest BCUT2D eigenvalue weighted by molar-refractivity contribution is 14.1. The number of halogens is 4. The molecule has 7 heteroatoms. The third kappa shape index (κ3) is 1.72. The number of hydrogen-bond acceptors (Lipinski definition) is 3. The van der Waals surface area contributed by atoms with E-state index in [0.29, 0.717) is 0 Å². The maximum Gasteiger partial charge on any atom is 0.433 e. The van der Waals surface area contributed by atoms with Gasteiger partial charge in [-0.2, -0.15) is 13.2 Å². The average Bonchev–Trinajstić information content (AvgIpc) is 2.34. The number of rotatable bonds is 1. The fourth-order valence-corrected chi connectivity index (χ4v) is 1.67. The van der Waals surface area contributed by atoms with E-state index in [9.17, 15) is 13.2 Å². The minimum Gasteiger partial charge on any atom is -0.366 e. The van der Waals surface area contributed by atoms with Crippen LogP contribution in [0.15, 0.2) is 11.6 Å². The maximum absolute atomic E-state index is 12.1. The highest BCUT2D eigenvalue weighted by Gasteiger charge is 2.55. The molecule has 0 fully saturated rings. The van der Waals surface area contributed by atoms with Crippen LogP contribution in [0, 0.1) is 0 Å². The number of thiazole rings is 1. The normalized spacial score (nSPS) is 17.4. The van der Waals surface area contributed by atoms with E-state index in [-0.39, 0.29) is 5.01 Å². The molecule has 0 spiro atoms. The zero-order valence-electron chi connectivity index (χ0n) is 5.47. The third-order valence-electron chi connectivity index (χ3n) is 1.09. The van der Waals surface area contributed by atoms with Gasteiger partial charge in [0.05, 0.1) is 0 Å². The first kappa shape index (κ1) is 10.2. The average molecular weight is 309 g/mol. The van der Waals surface area contributed by atoms with Crippen LogP contribution in [0.1, 0.15) is 5.01 Å². The summed E-state index contributed by atoms with van der Waals surface area (Å²) < 4.78 is 33.5. The molecule has 1 rings (SSSR count). The number of aromatic nitrogens is 1. The van der Waals surface area contributed by atoms with Gasteiger partial charge in [-0.3, -0.25) is 0 Å². The SMILES string of the molecule is OC(I)(c1nccs1)C(F)(F)F.